The second-order valence-electron chi connectivity index (χ2n) is 5.86. The molecular formula is C17H14F2N2OS2. The van der Waals surface area contributed by atoms with Crippen molar-refractivity contribution in [3.8, 4) is 0 Å². The van der Waals surface area contributed by atoms with Gasteiger partial charge in [0, 0.05) is 22.9 Å². The molecule has 7 heteroatoms. The highest BCUT2D eigenvalue weighted by molar-refractivity contribution is 8.15. The minimum absolute atomic E-state index is 0.102. The standard InChI is InChI=1S/C17H14F2N2OS2/c1-10(22)21-17(7-2-3-15-13(17)6-8-23-15)24-16(20-21)12-9-11(18)4-5-14(12)19/h4-6,8-9H,2-3,7H2,1H3. The summed E-state index contributed by atoms with van der Waals surface area (Å²) in [6, 6.07) is 5.32. The van der Waals surface area contributed by atoms with Crippen molar-refractivity contribution in [3.63, 3.8) is 0 Å². The molecule has 0 saturated carbocycles. The molecule has 0 saturated heterocycles. The number of fused-ring (bicyclic) bond motifs is 2. The van der Waals surface area contributed by atoms with E-state index in [1.807, 2.05) is 11.4 Å². The number of hydrazone groups is 1. The number of thioether (sulfide) groups is 1. The Morgan fingerprint density at radius 3 is 2.96 bits per heavy atom. The summed E-state index contributed by atoms with van der Waals surface area (Å²) in [5, 5.41) is 8.18. The smallest absolute Gasteiger partial charge is 0.241 e. The van der Waals surface area contributed by atoms with Gasteiger partial charge in [-0.3, -0.25) is 4.79 Å². The Kier molecular flexibility index (Phi) is 3.73. The molecule has 1 spiro atoms. The molecule has 2 heterocycles. The molecule has 3 nitrogen and oxygen atoms in total. The van der Waals surface area contributed by atoms with E-state index >= 15 is 0 Å². The number of halogens is 2. The lowest BCUT2D eigenvalue weighted by atomic mass is 9.92. The van der Waals surface area contributed by atoms with Gasteiger partial charge < -0.3 is 0 Å². The monoisotopic (exact) mass is 364 g/mol. The third-order valence-electron chi connectivity index (χ3n) is 4.34. The molecule has 1 aromatic carbocycles. The SMILES string of the molecule is CC(=O)N1N=C(c2cc(F)ccc2F)SC12CCCc1sccc12. The summed E-state index contributed by atoms with van der Waals surface area (Å²) in [4.78, 5) is 12.8. The van der Waals surface area contributed by atoms with Crippen LogP contribution in [0.25, 0.3) is 0 Å². The van der Waals surface area contributed by atoms with Gasteiger partial charge in [0.15, 0.2) is 0 Å². The Morgan fingerprint density at radius 1 is 1.33 bits per heavy atom. The third kappa shape index (κ3) is 2.29. The van der Waals surface area contributed by atoms with Crippen molar-refractivity contribution in [1.82, 2.24) is 5.01 Å². The first-order valence-electron chi connectivity index (χ1n) is 7.62. The Morgan fingerprint density at radius 2 is 2.17 bits per heavy atom. The van der Waals surface area contributed by atoms with Gasteiger partial charge in [0.05, 0.1) is 0 Å². The van der Waals surface area contributed by atoms with Crippen molar-refractivity contribution < 1.29 is 13.6 Å². The molecule has 124 valence electrons. The lowest BCUT2D eigenvalue weighted by Gasteiger charge is -2.38. The van der Waals surface area contributed by atoms with Gasteiger partial charge in [-0.1, -0.05) is 11.8 Å². The number of hydrogen-bond donors (Lipinski definition) is 0. The van der Waals surface area contributed by atoms with Crippen LogP contribution < -0.4 is 0 Å². The number of amides is 1. The topological polar surface area (TPSA) is 32.7 Å². The van der Waals surface area contributed by atoms with E-state index in [0.717, 1.165) is 43.0 Å². The second-order valence-corrected chi connectivity index (χ2v) is 8.12. The van der Waals surface area contributed by atoms with E-state index in [1.54, 1.807) is 11.3 Å². The number of benzene rings is 1. The molecule has 4 rings (SSSR count). The lowest BCUT2D eigenvalue weighted by Crippen LogP contribution is -2.42. The van der Waals surface area contributed by atoms with Gasteiger partial charge in [0.2, 0.25) is 5.91 Å². The molecule has 0 N–H and O–H groups in total. The van der Waals surface area contributed by atoms with E-state index < -0.39 is 16.5 Å². The third-order valence-corrected chi connectivity index (χ3v) is 6.75. The summed E-state index contributed by atoms with van der Waals surface area (Å²) in [7, 11) is 0. The van der Waals surface area contributed by atoms with Crippen LogP contribution in [0, 0.1) is 11.6 Å². The van der Waals surface area contributed by atoms with E-state index in [4.69, 9.17) is 0 Å². The molecule has 1 amide bonds. The van der Waals surface area contributed by atoms with Crippen LogP contribution in [-0.4, -0.2) is 16.0 Å². The summed E-state index contributed by atoms with van der Waals surface area (Å²) >= 11 is 3.02. The van der Waals surface area contributed by atoms with E-state index in [-0.39, 0.29) is 11.5 Å². The van der Waals surface area contributed by atoms with E-state index in [9.17, 15) is 13.6 Å². The van der Waals surface area contributed by atoms with Gasteiger partial charge in [-0.05, 0) is 48.9 Å². The zero-order valence-corrected chi connectivity index (χ0v) is 14.5. The number of nitrogens with zero attached hydrogens (tertiary/aromatic N) is 2. The quantitative estimate of drug-likeness (QED) is 0.748. The van der Waals surface area contributed by atoms with E-state index in [0.29, 0.717) is 5.04 Å². The fourth-order valence-corrected chi connectivity index (χ4v) is 5.89. The maximum Gasteiger partial charge on any atom is 0.241 e. The van der Waals surface area contributed by atoms with Crippen molar-refractivity contribution in [2.24, 2.45) is 5.10 Å². The molecule has 24 heavy (non-hydrogen) atoms. The zero-order valence-electron chi connectivity index (χ0n) is 12.9. The molecule has 1 atom stereocenters. The minimum atomic E-state index is -0.645. The molecule has 2 aromatic rings. The van der Waals surface area contributed by atoms with Gasteiger partial charge >= 0.3 is 0 Å². The summed E-state index contributed by atoms with van der Waals surface area (Å²) in [5.41, 5.74) is 1.17. The molecular weight excluding hydrogens is 350 g/mol. The van der Waals surface area contributed by atoms with Crippen molar-refractivity contribution in [1.29, 1.82) is 0 Å². The molecule has 1 aromatic heterocycles. The van der Waals surface area contributed by atoms with Crippen LogP contribution in [-0.2, 0) is 16.1 Å². The van der Waals surface area contributed by atoms with Crippen molar-refractivity contribution in [2.75, 3.05) is 0 Å². The first kappa shape index (κ1) is 15.8. The lowest BCUT2D eigenvalue weighted by molar-refractivity contribution is -0.132. The normalized spacial score (nSPS) is 22.6. The van der Waals surface area contributed by atoms with Crippen molar-refractivity contribution in [2.45, 2.75) is 31.1 Å². The highest BCUT2D eigenvalue weighted by atomic mass is 32.2. The number of carbonyl (C=O) groups excluding carboxylic acids is 1. The van der Waals surface area contributed by atoms with Crippen molar-refractivity contribution >= 4 is 34.0 Å². The molecule has 0 bridgehead atoms. The molecule has 1 unspecified atom stereocenters. The Bertz CT molecular complexity index is 864. The van der Waals surface area contributed by atoms with Crippen LogP contribution in [0.15, 0.2) is 34.7 Å². The van der Waals surface area contributed by atoms with Crippen LogP contribution in [0.5, 0.6) is 0 Å². The zero-order chi connectivity index (χ0) is 16.9. The number of rotatable bonds is 1. The summed E-state index contributed by atoms with van der Waals surface area (Å²) in [6.07, 6.45) is 2.65. The summed E-state index contributed by atoms with van der Waals surface area (Å²) < 4.78 is 27.7. The van der Waals surface area contributed by atoms with Gasteiger partial charge in [0.1, 0.15) is 21.5 Å². The van der Waals surface area contributed by atoms with Gasteiger partial charge in [-0.15, -0.1) is 11.3 Å². The van der Waals surface area contributed by atoms with Gasteiger partial charge in [-0.25, -0.2) is 13.8 Å². The molecule has 1 aliphatic heterocycles. The number of thiophene rings is 1. The minimum Gasteiger partial charge on any atom is -0.273 e. The van der Waals surface area contributed by atoms with Crippen LogP contribution >= 0.6 is 23.1 Å². The predicted octanol–water partition coefficient (Wildman–Crippen LogP) is 4.47. The predicted molar refractivity (Wildman–Crippen MR) is 91.9 cm³/mol. The summed E-state index contributed by atoms with van der Waals surface area (Å²) in [6.45, 7) is 1.46. The highest BCUT2D eigenvalue weighted by Gasteiger charge is 2.50. The molecule has 0 radical (unpaired) electrons. The first-order chi connectivity index (χ1) is 11.5. The van der Waals surface area contributed by atoms with Gasteiger partial charge in [-0.2, -0.15) is 5.10 Å². The molecule has 2 aliphatic rings. The first-order valence-corrected chi connectivity index (χ1v) is 9.31. The average Bonchev–Trinajstić information content (AvgIpc) is 3.16. The number of carbonyl (C=O) groups is 1. The largest absolute Gasteiger partial charge is 0.273 e. The molecule has 0 fully saturated rings. The number of aryl methyl sites for hydroxylation is 1. The Labute approximate surface area is 146 Å². The van der Waals surface area contributed by atoms with Crippen molar-refractivity contribution in [3.05, 3.63) is 57.3 Å². The maximum atomic E-state index is 14.2. The van der Waals surface area contributed by atoms with Crippen LogP contribution in [0.4, 0.5) is 8.78 Å². The number of hydrogen-bond acceptors (Lipinski definition) is 4. The van der Waals surface area contributed by atoms with E-state index in [2.05, 4.69) is 5.10 Å². The molecule has 1 aliphatic carbocycles. The second kappa shape index (κ2) is 5.67. The van der Waals surface area contributed by atoms with Crippen LogP contribution in [0.1, 0.15) is 35.8 Å². The summed E-state index contributed by atoms with van der Waals surface area (Å²) in [5.74, 6) is -1.26. The average molecular weight is 364 g/mol. The Hall–Kier alpha value is -1.73. The van der Waals surface area contributed by atoms with Crippen LogP contribution in [0.3, 0.4) is 0 Å². The van der Waals surface area contributed by atoms with Crippen LogP contribution in [0.2, 0.25) is 0 Å². The van der Waals surface area contributed by atoms with E-state index in [1.165, 1.54) is 28.6 Å². The Balaban J connectivity index is 1.84. The van der Waals surface area contributed by atoms with Gasteiger partial charge in [0.25, 0.3) is 0 Å². The maximum absolute atomic E-state index is 14.2. The fourth-order valence-electron chi connectivity index (χ4n) is 3.32. The highest BCUT2D eigenvalue weighted by Crippen LogP contribution is 2.54. The fraction of sp³-hybridized carbons (Fsp3) is 0.294.